The number of aromatic hydroxyl groups is 1. The highest BCUT2D eigenvalue weighted by Crippen LogP contribution is 2.33. The number of nitrogens with zero attached hydrogens (tertiary/aromatic N) is 1. The summed E-state index contributed by atoms with van der Waals surface area (Å²) < 4.78 is 0.800. The first-order chi connectivity index (χ1) is 11.6. The summed E-state index contributed by atoms with van der Waals surface area (Å²) in [5, 5.41) is 10.6. The van der Waals surface area contributed by atoms with Crippen LogP contribution in [0, 0.1) is 0 Å². The zero-order valence-electron chi connectivity index (χ0n) is 12.3. The van der Waals surface area contributed by atoms with Gasteiger partial charge in [0, 0.05) is 9.35 Å². The number of aromatic amines is 1. The Morgan fingerprint density at radius 2 is 1.88 bits per heavy atom. The Kier molecular flexibility index (Phi) is 3.70. The molecule has 6 heteroatoms. The van der Waals surface area contributed by atoms with E-state index in [4.69, 9.17) is 0 Å². The van der Waals surface area contributed by atoms with Crippen LogP contribution >= 0.6 is 27.3 Å². The monoisotopic (exact) mass is 398 g/mol. The third-order valence-corrected chi connectivity index (χ3v) is 5.25. The number of hydrogen-bond acceptors (Lipinski definition) is 4. The molecule has 4 aromatic rings. The lowest BCUT2D eigenvalue weighted by molar-refractivity contribution is 0.477. The van der Waals surface area contributed by atoms with Gasteiger partial charge in [-0.3, -0.25) is 4.79 Å². The van der Waals surface area contributed by atoms with Crippen LogP contribution in [-0.4, -0.2) is 15.1 Å². The first-order valence-corrected chi connectivity index (χ1v) is 8.81. The lowest BCUT2D eigenvalue weighted by Crippen LogP contribution is -2.08. The number of H-pyrrole nitrogens is 1. The second-order valence-electron chi connectivity index (χ2n) is 5.27. The van der Waals surface area contributed by atoms with E-state index in [0.717, 1.165) is 14.9 Å². The van der Waals surface area contributed by atoms with Gasteiger partial charge in [0.15, 0.2) is 0 Å². The Bertz CT molecular complexity index is 1100. The largest absolute Gasteiger partial charge is 0.507 e. The third kappa shape index (κ3) is 2.64. The topological polar surface area (TPSA) is 66.0 Å². The quantitative estimate of drug-likeness (QED) is 0.510. The molecule has 4 nitrogen and oxygen atoms in total. The molecule has 0 aliphatic rings. The van der Waals surface area contributed by atoms with Crippen molar-refractivity contribution in [2.75, 3.05) is 0 Å². The van der Waals surface area contributed by atoms with Gasteiger partial charge in [-0.15, -0.1) is 11.3 Å². The second kappa shape index (κ2) is 5.89. The number of nitrogens with one attached hydrogen (secondary N) is 1. The first-order valence-electron chi connectivity index (χ1n) is 7.20. The van der Waals surface area contributed by atoms with Crippen LogP contribution in [0.1, 0.15) is 0 Å². The summed E-state index contributed by atoms with van der Waals surface area (Å²) in [6.45, 7) is 0. The molecule has 118 valence electrons. The molecule has 0 aliphatic heterocycles. The van der Waals surface area contributed by atoms with E-state index in [0.29, 0.717) is 21.6 Å². The first kappa shape index (κ1) is 15.1. The molecular weight excluding hydrogens is 388 g/mol. The Morgan fingerprint density at radius 1 is 1.08 bits per heavy atom. The molecule has 0 atom stereocenters. The summed E-state index contributed by atoms with van der Waals surface area (Å²) in [4.78, 5) is 21.4. The van der Waals surface area contributed by atoms with Crippen molar-refractivity contribution in [2.45, 2.75) is 0 Å². The molecule has 0 unspecified atom stereocenters. The van der Waals surface area contributed by atoms with Crippen molar-refractivity contribution in [3.05, 3.63) is 69.4 Å². The fourth-order valence-electron chi connectivity index (χ4n) is 2.50. The van der Waals surface area contributed by atoms with Crippen molar-refractivity contribution < 1.29 is 5.11 Å². The zero-order valence-corrected chi connectivity index (χ0v) is 14.7. The Labute approximate surface area is 149 Å². The van der Waals surface area contributed by atoms with Gasteiger partial charge in [0.2, 0.25) is 0 Å². The molecular formula is C18H11BrN2O2S. The molecule has 0 radical (unpaired) electrons. The molecule has 0 saturated heterocycles. The van der Waals surface area contributed by atoms with Crippen molar-refractivity contribution >= 4 is 37.5 Å². The van der Waals surface area contributed by atoms with Crippen molar-refractivity contribution in [3.63, 3.8) is 0 Å². The van der Waals surface area contributed by atoms with Gasteiger partial charge < -0.3 is 10.1 Å². The van der Waals surface area contributed by atoms with Crippen molar-refractivity contribution in [1.82, 2.24) is 9.97 Å². The molecule has 2 N–H and O–H groups in total. The predicted molar refractivity (Wildman–Crippen MR) is 100 cm³/mol. The fraction of sp³-hybridized carbons (Fsp3) is 0. The SMILES string of the molecule is O=c1[nH]c(-c2cc(Br)ccc2O)nc2sc(-c3ccccc3)cc12. The average molecular weight is 399 g/mol. The fourth-order valence-corrected chi connectivity index (χ4v) is 3.90. The van der Waals surface area contributed by atoms with Gasteiger partial charge >= 0.3 is 0 Å². The minimum Gasteiger partial charge on any atom is -0.507 e. The van der Waals surface area contributed by atoms with Crippen LogP contribution in [0.3, 0.4) is 0 Å². The molecule has 0 fully saturated rings. The van der Waals surface area contributed by atoms with E-state index in [1.165, 1.54) is 11.3 Å². The summed E-state index contributed by atoms with van der Waals surface area (Å²) in [5.74, 6) is 0.424. The Morgan fingerprint density at radius 3 is 2.67 bits per heavy atom. The number of fused-ring (bicyclic) bond motifs is 1. The molecule has 2 heterocycles. The van der Waals surface area contributed by atoms with Crippen molar-refractivity contribution in [3.8, 4) is 27.6 Å². The van der Waals surface area contributed by atoms with Crippen LogP contribution < -0.4 is 5.56 Å². The van der Waals surface area contributed by atoms with E-state index in [-0.39, 0.29) is 11.3 Å². The highest BCUT2D eigenvalue weighted by Gasteiger charge is 2.13. The maximum Gasteiger partial charge on any atom is 0.259 e. The molecule has 2 aromatic carbocycles. The maximum absolute atomic E-state index is 12.4. The highest BCUT2D eigenvalue weighted by atomic mass is 79.9. The van der Waals surface area contributed by atoms with Gasteiger partial charge in [0.1, 0.15) is 16.4 Å². The standard InChI is InChI=1S/C18H11BrN2O2S/c19-11-6-7-14(22)12(8-11)16-20-17(23)13-9-15(24-18(13)21-16)10-4-2-1-3-5-10/h1-9,22H,(H,20,21,23). The number of aromatic nitrogens is 2. The minimum absolute atomic E-state index is 0.0699. The predicted octanol–water partition coefficient (Wildman–Crippen LogP) is 4.79. The number of phenolic OH excluding ortho intramolecular Hbond substituents is 1. The van der Waals surface area contributed by atoms with E-state index < -0.39 is 0 Å². The van der Waals surface area contributed by atoms with E-state index in [2.05, 4.69) is 25.9 Å². The number of benzene rings is 2. The number of phenols is 1. The van der Waals surface area contributed by atoms with Crippen LogP contribution in [0.15, 0.2) is 63.9 Å². The molecule has 0 amide bonds. The van der Waals surface area contributed by atoms with Crippen molar-refractivity contribution in [2.24, 2.45) is 0 Å². The van der Waals surface area contributed by atoms with Crippen LogP contribution in [0.25, 0.3) is 32.0 Å². The highest BCUT2D eigenvalue weighted by molar-refractivity contribution is 9.10. The molecule has 24 heavy (non-hydrogen) atoms. The van der Waals surface area contributed by atoms with Crippen LogP contribution in [0.5, 0.6) is 5.75 Å². The van der Waals surface area contributed by atoms with E-state index in [1.807, 2.05) is 36.4 Å². The molecule has 2 aromatic heterocycles. The average Bonchev–Trinajstić information content (AvgIpc) is 3.02. The van der Waals surface area contributed by atoms with Crippen LogP contribution in [0.2, 0.25) is 0 Å². The van der Waals surface area contributed by atoms with E-state index >= 15 is 0 Å². The Hall–Kier alpha value is -2.44. The molecule has 0 aliphatic carbocycles. The van der Waals surface area contributed by atoms with Gasteiger partial charge in [-0.2, -0.15) is 0 Å². The summed E-state index contributed by atoms with van der Waals surface area (Å²) in [6.07, 6.45) is 0. The molecule has 0 saturated carbocycles. The normalized spacial score (nSPS) is 11.0. The summed E-state index contributed by atoms with van der Waals surface area (Å²) in [5.41, 5.74) is 1.32. The van der Waals surface area contributed by atoms with Gasteiger partial charge in [-0.05, 0) is 29.8 Å². The minimum atomic E-state index is -0.215. The number of thiophene rings is 1. The number of halogens is 1. The van der Waals surface area contributed by atoms with Crippen LogP contribution in [-0.2, 0) is 0 Å². The number of hydrogen-bond donors (Lipinski definition) is 2. The summed E-state index contributed by atoms with van der Waals surface area (Å²) in [7, 11) is 0. The van der Waals surface area contributed by atoms with Gasteiger partial charge in [0.25, 0.3) is 5.56 Å². The lowest BCUT2D eigenvalue weighted by atomic mass is 10.2. The third-order valence-electron chi connectivity index (χ3n) is 3.67. The van der Waals surface area contributed by atoms with E-state index in [9.17, 15) is 9.90 Å². The maximum atomic E-state index is 12.4. The van der Waals surface area contributed by atoms with Crippen LogP contribution in [0.4, 0.5) is 0 Å². The van der Waals surface area contributed by atoms with Gasteiger partial charge in [0.05, 0.1) is 10.9 Å². The molecule has 0 bridgehead atoms. The number of rotatable bonds is 2. The molecule has 4 rings (SSSR count). The Balaban J connectivity index is 1.92. The smallest absolute Gasteiger partial charge is 0.259 e. The summed E-state index contributed by atoms with van der Waals surface area (Å²) >= 11 is 4.83. The van der Waals surface area contributed by atoms with Crippen molar-refractivity contribution in [1.29, 1.82) is 0 Å². The van der Waals surface area contributed by atoms with E-state index in [1.54, 1.807) is 18.2 Å². The zero-order chi connectivity index (χ0) is 16.7. The summed E-state index contributed by atoms with van der Waals surface area (Å²) in [6, 6.07) is 16.7. The van der Waals surface area contributed by atoms with Gasteiger partial charge in [-0.1, -0.05) is 46.3 Å². The lowest BCUT2D eigenvalue weighted by Gasteiger charge is -2.04. The van der Waals surface area contributed by atoms with Gasteiger partial charge in [-0.25, -0.2) is 4.98 Å². The second-order valence-corrected chi connectivity index (χ2v) is 7.22. The molecule has 0 spiro atoms.